The van der Waals surface area contributed by atoms with Gasteiger partial charge in [0.25, 0.3) is 0 Å². The molecule has 1 fully saturated rings. The first-order valence-electron chi connectivity index (χ1n) is 4.92. The minimum absolute atomic E-state index is 0.877. The first-order chi connectivity index (χ1) is 6.25. The predicted molar refractivity (Wildman–Crippen MR) is 54.7 cm³/mol. The van der Waals surface area contributed by atoms with Gasteiger partial charge in [-0.1, -0.05) is 6.92 Å². The maximum Gasteiger partial charge on any atom is 0.126 e. The molecule has 1 N–H and O–H groups in total. The molecule has 2 nitrogen and oxygen atoms in total. The molecule has 70 valence electrons. The Morgan fingerprint density at radius 1 is 1.62 bits per heavy atom. The van der Waals surface area contributed by atoms with Crippen LogP contribution in [0.3, 0.4) is 0 Å². The highest BCUT2D eigenvalue weighted by Crippen LogP contribution is 2.37. The summed E-state index contributed by atoms with van der Waals surface area (Å²) < 4.78 is 0. The van der Waals surface area contributed by atoms with E-state index in [9.17, 15) is 0 Å². The van der Waals surface area contributed by atoms with E-state index in [1.807, 2.05) is 12.3 Å². The van der Waals surface area contributed by atoms with Crippen LogP contribution in [0.1, 0.15) is 18.9 Å². The van der Waals surface area contributed by atoms with Crippen molar-refractivity contribution in [2.45, 2.75) is 20.3 Å². The smallest absolute Gasteiger partial charge is 0.126 e. The predicted octanol–water partition coefficient (Wildman–Crippen LogP) is 2.46. The number of rotatable bonds is 3. The third-order valence-corrected chi connectivity index (χ3v) is 2.74. The van der Waals surface area contributed by atoms with E-state index in [2.05, 4.69) is 30.2 Å². The standard InChI is InChI=1S/C11H16N2/c1-8-3-4-12-11(5-8)13-7-10-6-9(10)2/h3-5,9-10H,6-7H2,1-2H3,(H,12,13). The van der Waals surface area contributed by atoms with Crippen LogP contribution in [0.15, 0.2) is 18.3 Å². The van der Waals surface area contributed by atoms with Crippen molar-refractivity contribution in [1.82, 2.24) is 4.98 Å². The molecule has 0 saturated heterocycles. The Hall–Kier alpha value is -1.05. The second-order valence-electron chi connectivity index (χ2n) is 4.07. The number of nitrogens with one attached hydrogen (secondary N) is 1. The highest BCUT2D eigenvalue weighted by atomic mass is 15.0. The summed E-state index contributed by atoms with van der Waals surface area (Å²) in [6.07, 6.45) is 3.23. The molecule has 2 heteroatoms. The Morgan fingerprint density at radius 2 is 2.38 bits per heavy atom. The molecule has 1 heterocycles. The van der Waals surface area contributed by atoms with Crippen molar-refractivity contribution < 1.29 is 0 Å². The average Bonchev–Trinajstić information content (AvgIpc) is 2.79. The summed E-state index contributed by atoms with van der Waals surface area (Å²) in [6, 6.07) is 4.11. The van der Waals surface area contributed by atoms with E-state index >= 15 is 0 Å². The molecule has 0 amide bonds. The highest BCUT2D eigenvalue weighted by Gasteiger charge is 2.31. The van der Waals surface area contributed by atoms with Crippen molar-refractivity contribution in [3.05, 3.63) is 23.9 Å². The third kappa shape index (κ3) is 2.20. The first-order valence-corrected chi connectivity index (χ1v) is 4.92. The molecular formula is C11H16N2. The fraction of sp³-hybridized carbons (Fsp3) is 0.545. The maximum absolute atomic E-state index is 4.25. The van der Waals surface area contributed by atoms with Gasteiger partial charge in [-0.05, 0) is 42.9 Å². The molecular weight excluding hydrogens is 160 g/mol. The zero-order chi connectivity index (χ0) is 9.26. The molecule has 0 aromatic carbocycles. The van der Waals surface area contributed by atoms with Crippen molar-refractivity contribution in [2.24, 2.45) is 11.8 Å². The molecule has 1 saturated carbocycles. The Morgan fingerprint density at radius 3 is 3.00 bits per heavy atom. The molecule has 2 rings (SSSR count). The van der Waals surface area contributed by atoms with Gasteiger partial charge in [0.1, 0.15) is 5.82 Å². The van der Waals surface area contributed by atoms with Crippen molar-refractivity contribution in [1.29, 1.82) is 0 Å². The van der Waals surface area contributed by atoms with Gasteiger partial charge >= 0.3 is 0 Å². The summed E-state index contributed by atoms with van der Waals surface area (Å²) in [5.74, 6) is 2.80. The fourth-order valence-corrected chi connectivity index (χ4v) is 1.55. The Kier molecular flexibility index (Phi) is 2.21. The monoisotopic (exact) mass is 176 g/mol. The van der Waals surface area contributed by atoms with Crippen LogP contribution in [0, 0.1) is 18.8 Å². The van der Waals surface area contributed by atoms with Crippen molar-refractivity contribution in [3.63, 3.8) is 0 Å². The molecule has 13 heavy (non-hydrogen) atoms. The summed E-state index contributed by atoms with van der Waals surface area (Å²) >= 11 is 0. The third-order valence-electron chi connectivity index (χ3n) is 2.74. The zero-order valence-electron chi connectivity index (χ0n) is 8.25. The van der Waals surface area contributed by atoms with Gasteiger partial charge in [0.15, 0.2) is 0 Å². The Bertz CT molecular complexity index is 296. The van der Waals surface area contributed by atoms with E-state index in [4.69, 9.17) is 0 Å². The van der Waals surface area contributed by atoms with Crippen LogP contribution in [0.5, 0.6) is 0 Å². The summed E-state index contributed by atoms with van der Waals surface area (Å²) in [4.78, 5) is 4.25. The Balaban J connectivity index is 1.87. The van der Waals surface area contributed by atoms with Gasteiger partial charge in [-0.2, -0.15) is 0 Å². The lowest BCUT2D eigenvalue weighted by molar-refractivity contribution is 0.784. The van der Waals surface area contributed by atoms with Crippen LogP contribution in [-0.2, 0) is 0 Å². The maximum atomic E-state index is 4.25. The number of hydrogen-bond donors (Lipinski definition) is 1. The summed E-state index contributed by atoms with van der Waals surface area (Å²) in [6.45, 7) is 5.47. The van der Waals surface area contributed by atoms with Crippen molar-refractivity contribution in [2.75, 3.05) is 11.9 Å². The lowest BCUT2D eigenvalue weighted by Gasteiger charge is -2.04. The van der Waals surface area contributed by atoms with Crippen LogP contribution < -0.4 is 5.32 Å². The second kappa shape index (κ2) is 3.36. The molecule has 0 spiro atoms. The molecule has 1 aliphatic rings. The van der Waals surface area contributed by atoms with Gasteiger partial charge in [0.2, 0.25) is 0 Å². The van der Waals surface area contributed by atoms with Gasteiger partial charge < -0.3 is 5.32 Å². The highest BCUT2D eigenvalue weighted by molar-refractivity contribution is 5.37. The normalized spacial score (nSPS) is 25.7. The van der Waals surface area contributed by atoms with E-state index in [1.165, 1.54) is 12.0 Å². The summed E-state index contributed by atoms with van der Waals surface area (Å²) in [7, 11) is 0. The first kappa shape index (κ1) is 8.54. The van der Waals surface area contributed by atoms with Crippen LogP contribution in [0.2, 0.25) is 0 Å². The lowest BCUT2D eigenvalue weighted by atomic mass is 10.3. The van der Waals surface area contributed by atoms with Crippen molar-refractivity contribution in [3.8, 4) is 0 Å². The molecule has 0 bridgehead atoms. The molecule has 0 radical (unpaired) electrons. The molecule has 0 aliphatic heterocycles. The molecule has 2 unspecified atom stereocenters. The van der Waals surface area contributed by atoms with E-state index in [-0.39, 0.29) is 0 Å². The average molecular weight is 176 g/mol. The lowest BCUT2D eigenvalue weighted by Crippen LogP contribution is -2.05. The minimum Gasteiger partial charge on any atom is -0.370 e. The van der Waals surface area contributed by atoms with Gasteiger partial charge in [0, 0.05) is 12.7 Å². The van der Waals surface area contributed by atoms with E-state index < -0.39 is 0 Å². The quantitative estimate of drug-likeness (QED) is 0.765. The number of nitrogens with zero attached hydrogens (tertiary/aromatic N) is 1. The number of hydrogen-bond acceptors (Lipinski definition) is 2. The van der Waals surface area contributed by atoms with E-state index in [1.54, 1.807) is 0 Å². The van der Waals surface area contributed by atoms with Crippen molar-refractivity contribution >= 4 is 5.82 Å². The van der Waals surface area contributed by atoms with Gasteiger partial charge in [0.05, 0.1) is 0 Å². The van der Waals surface area contributed by atoms with E-state index in [0.717, 1.165) is 24.2 Å². The zero-order valence-corrected chi connectivity index (χ0v) is 8.25. The van der Waals surface area contributed by atoms with Gasteiger partial charge in [-0.15, -0.1) is 0 Å². The van der Waals surface area contributed by atoms with E-state index in [0.29, 0.717) is 0 Å². The van der Waals surface area contributed by atoms with Gasteiger partial charge in [-0.3, -0.25) is 0 Å². The topological polar surface area (TPSA) is 24.9 Å². The summed E-state index contributed by atoms with van der Waals surface area (Å²) in [5.41, 5.74) is 1.27. The van der Waals surface area contributed by atoms with Gasteiger partial charge in [-0.25, -0.2) is 4.98 Å². The molecule has 2 atom stereocenters. The fourth-order valence-electron chi connectivity index (χ4n) is 1.55. The Labute approximate surface area is 79.4 Å². The number of anilines is 1. The molecule has 1 aromatic heterocycles. The number of pyridine rings is 1. The number of aryl methyl sites for hydroxylation is 1. The number of aromatic nitrogens is 1. The molecule has 1 aromatic rings. The van der Waals surface area contributed by atoms with Crippen LogP contribution >= 0.6 is 0 Å². The minimum atomic E-state index is 0.877. The van der Waals surface area contributed by atoms with Crippen LogP contribution in [0.25, 0.3) is 0 Å². The second-order valence-corrected chi connectivity index (χ2v) is 4.07. The SMILES string of the molecule is Cc1ccnc(NCC2CC2C)c1. The van der Waals surface area contributed by atoms with Crippen LogP contribution in [0.4, 0.5) is 5.82 Å². The summed E-state index contributed by atoms with van der Waals surface area (Å²) in [5, 5.41) is 3.37. The largest absolute Gasteiger partial charge is 0.370 e. The molecule has 1 aliphatic carbocycles. The van der Waals surface area contributed by atoms with Crippen LogP contribution in [-0.4, -0.2) is 11.5 Å².